The Labute approximate surface area is 157 Å². The quantitative estimate of drug-likeness (QED) is 0.754. The standard InChI is InChI=1S/C19H18N4O3S/c1-22-10-11-23(27(22,25)26)18-6-3-15(4-7-18)19(24)21-17-5-2-14-8-9-20-13-16(14)12-17/h2-9,12-13H,10-11H2,1H3,(H,21,24). The fourth-order valence-corrected chi connectivity index (χ4v) is 4.39. The van der Waals surface area contributed by atoms with Crippen LogP contribution in [-0.4, -0.2) is 43.8 Å². The number of nitrogens with zero attached hydrogens (tertiary/aromatic N) is 3. The number of pyridine rings is 1. The van der Waals surface area contributed by atoms with Crippen molar-refractivity contribution in [2.24, 2.45) is 0 Å². The largest absolute Gasteiger partial charge is 0.322 e. The van der Waals surface area contributed by atoms with Gasteiger partial charge in [-0.1, -0.05) is 6.07 Å². The van der Waals surface area contributed by atoms with Crippen molar-refractivity contribution in [1.82, 2.24) is 9.29 Å². The number of hydrogen-bond acceptors (Lipinski definition) is 4. The Balaban J connectivity index is 1.52. The van der Waals surface area contributed by atoms with E-state index in [-0.39, 0.29) is 5.91 Å². The summed E-state index contributed by atoms with van der Waals surface area (Å²) in [5, 5.41) is 4.84. The zero-order chi connectivity index (χ0) is 19.0. The average Bonchev–Trinajstić information content (AvgIpc) is 2.94. The Morgan fingerprint density at radius 2 is 1.81 bits per heavy atom. The van der Waals surface area contributed by atoms with Crippen molar-refractivity contribution >= 4 is 38.3 Å². The second kappa shape index (κ2) is 6.64. The van der Waals surface area contributed by atoms with E-state index in [9.17, 15) is 13.2 Å². The first-order valence-corrected chi connectivity index (χ1v) is 9.84. The summed E-state index contributed by atoms with van der Waals surface area (Å²) < 4.78 is 27.1. The van der Waals surface area contributed by atoms with Gasteiger partial charge in [0.1, 0.15) is 0 Å². The third kappa shape index (κ3) is 3.24. The van der Waals surface area contributed by atoms with Crippen molar-refractivity contribution < 1.29 is 13.2 Å². The first kappa shape index (κ1) is 17.4. The van der Waals surface area contributed by atoms with Gasteiger partial charge in [0.2, 0.25) is 0 Å². The van der Waals surface area contributed by atoms with Crippen LogP contribution in [0.4, 0.5) is 11.4 Å². The van der Waals surface area contributed by atoms with Crippen LogP contribution in [0, 0.1) is 0 Å². The molecule has 0 atom stereocenters. The highest BCUT2D eigenvalue weighted by atomic mass is 32.2. The van der Waals surface area contributed by atoms with Gasteiger partial charge in [0, 0.05) is 49.2 Å². The lowest BCUT2D eigenvalue weighted by Crippen LogP contribution is -2.30. The van der Waals surface area contributed by atoms with Gasteiger partial charge in [0.15, 0.2) is 0 Å². The summed E-state index contributed by atoms with van der Waals surface area (Å²) in [6.45, 7) is 0.844. The lowest BCUT2D eigenvalue weighted by Gasteiger charge is -2.18. The minimum Gasteiger partial charge on any atom is -0.322 e. The molecule has 0 unspecified atom stereocenters. The molecule has 1 fully saturated rings. The summed E-state index contributed by atoms with van der Waals surface area (Å²) in [6.07, 6.45) is 3.47. The number of amides is 1. The normalized spacial score (nSPS) is 16.6. The molecule has 1 N–H and O–H groups in total. The van der Waals surface area contributed by atoms with Gasteiger partial charge in [0.25, 0.3) is 5.91 Å². The molecule has 2 aromatic carbocycles. The SMILES string of the molecule is CN1CCN(c2ccc(C(=O)Nc3ccc4ccncc4c3)cc2)S1(=O)=O. The van der Waals surface area contributed by atoms with Crippen molar-refractivity contribution in [1.29, 1.82) is 0 Å². The number of likely N-dealkylation sites (N-methyl/N-ethyl adjacent to an activating group) is 1. The fraction of sp³-hybridized carbons (Fsp3) is 0.158. The summed E-state index contributed by atoms with van der Waals surface area (Å²) in [5.74, 6) is -0.258. The Kier molecular flexibility index (Phi) is 4.29. The molecule has 1 amide bonds. The molecule has 0 bridgehead atoms. The van der Waals surface area contributed by atoms with Crippen LogP contribution in [0.15, 0.2) is 60.9 Å². The van der Waals surface area contributed by atoms with Gasteiger partial charge in [0.05, 0.1) is 5.69 Å². The number of rotatable bonds is 3. The second-order valence-electron chi connectivity index (χ2n) is 6.34. The van der Waals surface area contributed by atoms with Crippen LogP contribution in [0.5, 0.6) is 0 Å². The number of nitrogens with one attached hydrogen (secondary N) is 1. The predicted octanol–water partition coefficient (Wildman–Crippen LogP) is 2.48. The van der Waals surface area contributed by atoms with Crippen molar-refractivity contribution in [3.05, 3.63) is 66.5 Å². The molecule has 0 radical (unpaired) electrons. The third-order valence-corrected chi connectivity index (χ3v) is 6.53. The number of anilines is 2. The van der Waals surface area contributed by atoms with E-state index in [1.165, 1.54) is 8.61 Å². The smallest absolute Gasteiger partial charge is 0.303 e. The van der Waals surface area contributed by atoms with E-state index in [0.29, 0.717) is 30.0 Å². The highest BCUT2D eigenvalue weighted by molar-refractivity contribution is 7.90. The lowest BCUT2D eigenvalue weighted by molar-refractivity contribution is 0.102. The maximum Gasteiger partial charge on any atom is 0.303 e. The third-order valence-electron chi connectivity index (χ3n) is 4.61. The Bertz CT molecular complexity index is 1110. The van der Waals surface area contributed by atoms with Gasteiger partial charge < -0.3 is 5.32 Å². The molecule has 138 valence electrons. The number of benzene rings is 2. The number of carbonyl (C=O) groups is 1. The molecule has 2 heterocycles. The first-order chi connectivity index (χ1) is 12.9. The van der Waals surface area contributed by atoms with E-state index in [0.717, 1.165) is 10.8 Å². The summed E-state index contributed by atoms with van der Waals surface area (Å²) in [7, 11) is -1.91. The zero-order valence-corrected chi connectivity index (χ0v) is 15.5. The number of fused-ring (bicyclic) bond motifs is 1. The molecule has 27 heavy (non-hydrogen) atoms. The van der Waals surface area contributed by atoms with E-state index >= 15 is 0 Å². The highest BCUT2D eigenvalue weighted by Gasteiger charge is 2.33. The summed E-state index contributed by atoms with van der Waals surface area (Å²) in [6, 6.07) is 14.1. The van der Waals surface area contributed by atoms with E-state index in [4.69, 9.17) is 0 Å². The van der Waals surface area contributed by atoms with E-state index < -0.39 is 10.2 Å². The summed E-state index contributed by atoms with van der Waals surface area (Å²) in [4.78, 5) is 16.6. The van der Waals surface area contributed by atoms with Crippen LogP contribution in [0.2, 0.25) is 0 Å². The number of hydrogen-bond donors (Lipinski definition) is 1. The van der Waals surface area contributed by atoms with Gasteiger partial charge in [-0.05, 0) is 47.9 Å². The average molecular weight is 382 g/mol. The van der Waals surface area contributed by atoms with Gasteiger partial charge in [-0.2, -0.15) is 12.7 Å². The molecule has 0 spiro atoms. The lowest BCUT2D eigenvalue weighted by atomic mass is 10.1. The van der Waals surface area contributed by atoms with Crippen molar-refractivity contribution in [2.45, 2.75) is 0 Å². The summed E-state index contributed by atoms with van der Waals surface area (Å²) in [5.41, 5.74) is 1.68. The summed E-state index contributed by atoms with van der Waals surface area (Å²) >= 11 is 0. The topological polar surface area (TPSA) is 82.6 Å². The van der Waals surface area contributed by atoms with Crippen molar-refractivity contribution in [2.75, 3.05) is 29.8 Å². The minimum absolute atomic E-state index is 0.258. The van der Waals surface area contributed by atoms with Crippen LogP contribution < -0.4 is 9.62 Å². The molecular weight excluding hydrogens is 364 g/mol. The first-order valence-electron chi connectivity index (χ1n) is 8.44. The van der Waals surface area contributed by atoms with Crippen LogP contribution in [0.3, 0.4) is 0 Å². The zero-order valence-electron chi connectivity index (χ0n) is 14.7. The van der Waals surface area contributed by atoms with Gasteiger partial charge >= 0.3 is 10.2 Å². The molecule has 0 saturated carbocycles. The molecule has 1 saturated heterocycles. The predicted molar refractivity (Wildman–Crippen MR) is 105 cm³/mol. The monoisotopic (exact) mass is 382 g/mol. The Morgan fingerprint density at radius 1 is 1.04 bits per heavy atom. The van der Waals surface area contributed by atoms with E-state index in [1.807, 2.05) is 24.3 Å². The Hall–Kier alpha value is -2.97. The molecule has 0 aliphatic carbocycles. The molecule has 4 rings (SSSR count). The minimum atomic E-state index is -3.46. The fourth-order valence-electron chi connectivity index (χ4n) is 3.04. The molecule has 1 aliphatic heterocycles. The molecule has 1 aliphatic rings. The maximum atomic E-state index is 12.5. The van der Waals surface area contributed by atoms with Gasteiger partial charge in [-0.25, -0.2) is 0 Å². The van der Waals surface area contributed by atoms with Crippen LogP contribution in [0.1, 0.15) is 10.4 Å². The molecule has 1 aromatic heterocycles. The van der Waals surface area contributed by atoms with E-state index in [2.05, 4.69) is 10.3 Å². The van der Waals surface area contributed by atoms with Crippen molar-refractivity contribution in [3.63, 3.8) is 0 Å². The molecule has 7 nitrogen and oxygen atoms in total. The van der Waals surface area contributed by atoms with Crippen LogP contribution in [-0.2, 0) is 10.2 Å². The maximum absolute atomic E-state index is 12.5. The van der Waals surface area contributed by atoms with E-state index in [1.54, 1.807) is 43.7 Å². The Morgan fingerprint density at radius 3 is 2.52 bits per heavy atom. The highest BCUT2D eigenvalue weighted by Crippen LogP contribution is 2.25. The van der Waals surface area contributed by atoms with Crippen molar-refractivity contribution in [3.8, 4) is 0 Å². The number of aromatic nitrogens is 1. The number of carbonyl (C=O) groups excluding carboxylic acids is 1. The molecular formula is C19H18N4O3S. The molecule has 8 heteroatoms. The van der Waals surface area contributed by atoms with Crippen LogP contribution in [0.25, 0.3) is 10.8 Å². The van der Waals surface area contributed by atoms with Gasteiger partial charge in [-0.15, -0.1) is 0 Å². The second-order valence-corrected chi connectivity index (χ2v) is 8.30. The molecule has 3 aromatic rings. The van der Waals surface area contributed by atoms with Gasteiger partial charge in [-0.3, -0.25) is 14.1 Å². The van der Waals surface area contributed by atoms with Crippen LogP contribution >= 0.6 is 0 Å².